The summed E-state index contributed by atoms with van der Waals surface area (Å²) in [7, 11) is 4.74. The van der Waals surface area contributed by atoms with Gasteiger partial charge in [0.25, 0.3) is 0 Å². The Morgan fingerprint density at radius 2 is 1.55 bits per heavy atom. The van der Waals surface area contributed by atoms with Crippen molar-refractivity contribution >= 4 is 5.91 Å². The number of amides is 1. The monoisotopic (exact) mass is 429 g/mol. The lowest BCUT2D eigenvalue weighted by Crippen LogP contribution is -2.41. The molecule has 1 saturated carbocycles. The van der Waals surface area contributed by atoms with Gasteiger partial charge in [-0.25, -0.2) is 4.39 Å². The van der Waals surface area contributed by atoms with Crippen molar-refractivity contribution < 1.29 is 23.4 Å². The van der Waals surface area contributed by atoms with Crippen LogP contribution >= 0.6 is 0 Å². The number of benzene rings is 2. The first-order valence-corrected chi connectivity index (χ1v) is 10.9. The molecule has 0 unspecified atom stereocenters. The molecule has 1 amide bonds. The molecule has 0 radical (unpaired) electrons. The first kappa shape index (κ1) is 22.9. The Labute approximate surface area is 184 Å². The average molecular weight is 430 g/mol. The molecule has 0 spiro atoms. The standard InChI is InChI=1S/C25H32FNO4/c1-29-22-15-19(16-23(30-2)25(22)31-3)11-14-24(28)27(21-7-5-4-6-8-21)17-18-9-12-20(26)13-10-18/h9-10,12-13,15-16,21H,4-8,11,14,17H2,1-3H3. The van der Waals surface area contributed by atoms with Gasteiger partial charge < -0.3 is 19.1 Å². The Morgan fingerprint density at radius 1 is 0.935 bits per heavy atom. The number of carbonyl (C=O) groups excluding carboxylic acids is 1. The maximum Gasteiger partial charge on any atom is 0.223 e. The van der Waals surface area contributed by atoms with Crippen LogP contribution in [0.5, 0.6) is 17.2 Å². The molecule has 0 saturated heterocycles. The zero-order chi connectivity index (χ0) is 22.2. The van der Waals surface area contributed by atoms with Crippen molar-refractivity contribution in [3.05, 3.63) is 53.3 Å². The SMILES string of the molecule is COc1cc(CCC(=O)N(Cc2ccc(F)cc2)C2CCCCC2)cc(OC)c1OC. The number of hydrogen-bond acceptors (Lipinski definition) is 4. The highest BCUT2D eigenvalue weighted by atomic mass is 19.1. The summed E-state index contributed by atoms with van der Waals surface area (Å²) in [6, 6.07) is 10.4. The van der Waals surface area contributed by atoms with Gasteiger partial charge in [0.2, 0.25) is 11.7 Å². The number of methoxy groups -OCH3 is 3. The highest BCUT2D eigenvalue weighted by molar-refractivity contribution is 5.77. The van der Waals surface area contributed by atoms with Crippen molar-refractivity contribution in [2.75, 3.05) is 21.3 Å². The first-order valence-electron chi connectivity index (χ1n) is 10.9. The Balaban J connectivity index is 1.74. The topological polar surface area (TPSA) is 48.0 Å². The summed E-state index contributed by atoms with van der Waals surface area (Å²) in [6.45, 7) is 0.513. The molecule has 0 atom stereocenters. The van der Waals surface area contributed by atoms with Crippen LogP contribution in [-0.2, 0) is 17.8 Å². The molecule has 0 aliphatic heterocycles. The van der Waals surface area contributed by atoms with E-state index in [1.54, 1.807) is 33.5 Å². The maximum atomic E-state index is 13.3. The van der Waals surface area contributed by atoms with E-state index in [-0.39, 0.29) is 17.8 Å². The van der Waals surface area contributed by atoms with E-state index < -0.39 is 0 Å². The van der Waals surface area contributed by atoms with Crippen LogP contribution in [0, 0.1) is 5.82 Å². The van der Waals surface area contributed by atoms with Crippen LogP contribution in [-0.4, -0.2) is 38.2 Å². The van der Waals surface area contributed by atoms with Gasteiger partial charge in [0, 0.05) is 19.0 Å². The molecule has 6 heteroatoms. The van der Waals surface area contributed by atoms with Crippen molar-refractivity contribution in [3.63, 3.8) is 0 Å². The Bertz CT molecular complexity index is 837. The van der Waals surface area contributed by atoms with Crippen LogP contribution in [0.15, 0.2) is 36.4 Å². The van der Waals surface area contributed by atoms with E-state index in [1.807, 2.05) is 17.0 Å². The van der Waals surface area contributed by atoms with Gasteiger partial charge in [-0.3, -0.25) is 4.79 Å². The number of ether oxygens (including phenoxy) is 3. The van der Waals surface area contributed by atoms with Gasteiger partial charge in [0.05, 0.1) is 21.3 Å². The molecule has 0 N–H and O–H groups in total. The molecule has 2 aromatic carbocycles. The molecule has 31 heavy (non-hydrogen) atoms. The molecule has 2 aromatic rings. The van der Waals surface area contributed by atoms with E-state index in [0.29, 0.717) is 36.6 Å². The van der Waals surface area contributed by atoms with Crippen molar-refractivity contribution in [3.8, 4) is 17.2 Å². The lowest BCUT2D eigenvalue weighted by Gasteiger charge is -2.34. The van der Waals surface area contributed by atoms with Gasteiger partial charge >= 0.3 is 0 Å². The van der Waals surface area contributed by atoms with Crippen LogP contribution in [0.4, 0.5) is 4.39 Å². The van der Waals surface area contributed by atoms with Crippen LogP contribution in [0.2, 0.25) is 0 Å². The molecule has 168 valence electrons. The minimum atomic E-state index is -0.262. The molecular weight excluding hydrogens is 397 g/mol. The van der Waals surface area contributed by atoms with Gasteiger partial charge in [-0.15, -0.1) is 0 Å². The Hall–Kier alpha value is -2.76. The highest BCUT2D eigenvalue weighted by Gasteiger charge is 2.25. The molecule has 1 aliphatic rings. The lowest BCUT2D eigenvalue weighted by atomic mass is 9.93. The predicted octanol–water partition coefficient (Wildman–Crippen LogP) is 5.15. The molecule has 1 fully saturated rings. The number of aryl methyl sites for hydroxylation is 1. The molecule has 5 nitrogen and oxygen atoms in total. The molecule has 3 rings (SSSR count). The van der Waals surface area contributed by atoms with Crippen molar-refractivity contribution in [2.45, 2.75) is 57.5 Å². The van der Waals surface area contributed by atoms with Crippen molar-refractivity contribution in [1.29, 1.82) is 0 Å². The van der Waals surface area contributed by atoms with Crippen molar-refractivity contribution in [2.24, 2.45) is 0 Å². The fourth-order valence-electron chi connectivity index (χ4n) is 4.27. The molecule has 0 bridgehead atoms. The lowest BCUT2D eigenvalue weighted by molar-refractivity contribution is -0.135. The van der Waals surface area contributed by atoms with Gasteiger partial charge in [-0.1, -0.05) is 31.4 Å². The fraction of sp³-hybridized carbons (Fsp3) is 0.480. The summed E-state index contributed by atoms with van der Waals surface area (Å²) in [4.78, 5) is 15.3. The second kappa shape index (κ2) is 11.0. The summed E-state index contributed by atoms with van der Waals surface area (Å²) >= 11 is 0. The van der Waals surface area contributed by atoms with E-state index in [0.717, 1.165) is 36.8 Å². The van der Waals surface area contributed by atoms with Gasteiger partial charge in [0.1, 0.15) is 5.82 Å². The largest absolute Gasteiger partial charge is 0.493 e. The smallest absolute Gasteiger partial charge is 0.223 e. The summed E-state index contributed by atoms with van der Waals surface area (Å²) in [5.41, 5.74) is 1.90. The van der Waals surface area contributed by atoms with E-state index in [2.05, 4.69) is 0 Å². The summed E-state index contributed by atoms with van der Waals surface area (Å²) in [5.74, 6) is 1.56. The van der Waals surface area contributed by atoms with Crippen LogP contribution in [0.3, 0.4) is 0 Å². The van der Waals surface area contributed by atoms with Gasteiger partial charge in [-0.2, -0.15) is 0 Å². The molecule has 0 aromatic heterocycles. The number of rotatable bonds is 9. The zero-order valence-electron chi connectivity index (χ0n) is 18.7. The molecule has 0 heterocycles. The maximum absolute atomic E-state index is 13.3. The van der Waals surface area contributed by atoms with Crippen LogP contribution in [0.1, 0.15) is 49.7 Å². The first-order chi connectivity index (χ1) is 15.0. The summed E-state index contributed by atoms with van der Waals surface area (Å²) in [6.07, 6.45) is 6.52. The predicted molar refractivity (Wildman–Crippen MR) is 118 cm³/mol. The Kier molecular flexibility index (Phi) is 8.15. The second-order valence-electron chi connectivity index (χ2n) is 7.97. The molecular formula is C25H32FNO4. The van der Waals surface area contributed by atoms with E-state index in [1.165, 1.54) is 18.6 Å². The third-order valence-corrected chi connectivity index (χ3v) is 5.95. The van der Waals surface area contributed by atoms with Crippen LogP contribution < -0.4 is 14.2 Å². The minimum Gasteiger partial charge on any atom is -0.493 e. The van der Waals surface area contributed by atoms with Gasteiger partial charge in [-0.05, 0) is 54.7 Å². The number of nitrogens with zero attached hydrogens (tertiary/aromatic N) is 1. The quantitative estimate of drug-likeness (QED) is 0.553. The van der Waals surface area contributed by atoms with E-state index in [9.17, 15) is 9.18 Å². The van der Waals surface area contributed by atoms with E-state index in [4.69, 9.17) is 14.2 Å². The number of carbonyl (C=O) groups is 1. The van der Waals surface area contributed by atoms with Crippen LogP contribution in [0.25, 0.3) is 0 Å². The summed E-state index contributed by atoms with van der Waals surface area (Å²) < 4.78 is 29.5. The van der Waals surface area contributed by atoms with Gasteiger partial charge in [0.15, 0.2) is 11.5 Å². The normalized spacial score (nSPS) is 14.2. The summed E-state index contributed by atoms with van der Waals surface area (Å²) in [5, 5.41) is 0. The zero-order valence-corrected chi connectivity index (χ0v) is 18.7. The van der Waals surface area contributed by atoms with Crippen molar-refractivity contribution in [1.82, 2.24) is 4.90 Å². The number of hydrogen-bond donors (Lipinski definition) is 0. The Morgan fingerprint density at radius 3 is 2.10 bits per heavy atom. The van der Waals surface area contributed by atoms with E-state index >= 15 is 0 Å². The molecule has 1 aliphatic carbocycles. The minimum absolute atomic E-state index is 0.116. The fourth-order valence-corrected chi connectivity index (χ4v) is 4.27. The average Bonchev–Trinajstić information content (AvgIpc) is 2.81. The third kappa shape index (κ3) is 5.90. The number of halogens is 1. The highest BCUT2D eigenvalue weighted by Crippen LogP contribution is 2.38. The third-order valence-electron chi connectivity index (χ3n) is 5.95. The second-order valence-corrected chi connectivity index (χ2v) is 7.97.